The van der Waals surface area contributed by atoms with E-state index in [9.17, 15) is 14.7 Å². The Morgan fingerprint density at radius 1 is 1.25 bits per heavy atom. The molecule has 0 saturated carbocycles. The maximum atomic E-state index is 12.7. The van der Waals surface area contributed by atoms with Crippen molar-refractivity contribution in [2.75, 3.05) is 6.54 Å². The fourth-order valence-electron chi connectivity index (χ4n) is 3.11. The van der Waals surface area contributed by atoms with Crippen LogP contribution in [0.1, 0.15) is 29.4 Å². The number of likely N-dealkylation sites (tertiary alicyclic amines) is 1. The van der Waals surface area contributed by atoms with E-state index >= 15 is 0 Å². The number of nitrogens with zero attached hydrogens (tertiary/aromatic N) is 3. The number of aliphatic carboxylic acids is 1. The lowest BCUT2D eigenvalue weighted by atomic mass is 10.0. The van der Waals surface area contributed by atoms with E-state index in [-0.39, 0.29) is 11.9 Å². The second-order valence-electron chi connectivity index (χ2n) is 6.03. The van der Waals surface area contributed by atoms with Gasteiger partial charge in [0.15, 0.2) is 5.82 Å². The number of hydrogen-bond donors (Lipinski definition) is 1. The Morgan fingerprint density at radius 3 is 2.54 bits per heavy atom. The van der Waals surface area contributed by atoms with Gasteiger partial charge < -0.3 is 10.0 Å². The Bertz CT molecular complexity index is 776. The van der Waals surface area contributed by atoms with Crippen LogP contribution in [0.15, 0.2) is 36.5 Å². The number of carboxylic acid groups (broad SMARTS) is 1. The number of rotatable bonds is 3. The van der Waals surface area contributed by atoms with Crippen LogP contribution in [0.5, 0.6) is 0 Å². The first kappa shape index (κ1) is 16.1. The molecule has 1 saturated heterocycles. The van der Waals surface area contributed by atoms with Gasteiger partial charge in [-0.15, -0.1) is 0 Å². The molecule has 6 heteroatoms. The molecule has 1 fully saturated rings. The second kappa shape index (κ2) is 6.39. The van der Waals surface area contributed by atoms with Gasteiger partial charge in [-0.25, -0.2) is 9.97 Å². The molecule has 1 N–H and O–H groups in total. The first-order valence-electron chi connectivity index (χ1n) is 7.92. The number of carbonyl (C=O) groups excluding carboxylic acids is 1. The highest BCUT2D eigenvalue weighted by Gasteiger charge is 2.38. The number of aryl methyl sites for hydroxylation is 1. The van der Waals surface area contributed by atoms with Crippen LogP contribution in [0.2, 0.25) is 0 Å². The molecule has 1 aromatic carbocycles. The maximum Gasteiger partial charge on any atom is 0.308 e. The van der Waals surface area contributed by atoms with Gasteiger partial charge in [-0.3, -0.25) is 9.59 Å². The smallest absolute Gasteiger partial charge is 0.308 e. The zero-order valence-electron chi connectivity index (χ0n) is 13.6. The summed E-state index contributed by atoms with van der Waals surface area (Å²) in [5.41, 5.74) is 1.91. The average molecular weight is 325 g/mol. The molecule has 0 spiro atoms. The summed E-state index contributed by atoms with van der Waals surface area (Å²) in [7, 11) is 0. The van der Waals surface area contributed by atoms with Crippen molar-refractivity contribution in [3.8, 4) is 11.4 Å². The minimum absolute atomic E-state index is 0.205. The van der Waals surface area contributed by atoms with Gasteiger partial charge >= 0.3 is 5.97 Å². The highest BCUT2D eigenvalue weighted by Crippen LogP contribution is 2.27. The van der Waals surface area contributed by atoms with Gasteiger partial charge in [0.25, 0.3) is 5.91 Å². The summed E-state index contributed by atoms with van der Waals surface area (Å²) in [4.78, 5) is 34.3. The molecular weight excluding hydrogens is 306 g/mol. The third-order valence-corrected chi connectivity index (χ3v) is 4.57. The van der Waals surface area contributed by atoms with E-state index in [2.05, 4.69) is 9.97 Å². The van der Waals surface area contributed by atoms with Crippen molar-refractivity contribution in [2.24, 2.45) is 5.92 Å². The van der Waals surface area contributed by atoms with E-state index in [4.69, 9.17) is 0 Å². The predicted molar refractivity (Wildman–Crippen MR) is 88.4 cm³/mol. The molecule has 1 aliphatic rings. The SMILES string of the molecule is Cc1nc(-c2ccccc2)ncc1C(=O)N1CCC(C(=O)O)C1C. The van der Waals surface area contributed by atoms with Crippen LogP contribution in [0.3, 0.4) is 0 Å². The first-order valence-corrected chi connectivity index (χ1v) is 7.92. The molecule has 0 radical (unpaired) electrons. The van der Waals surface area contributed by atoms with E-state index < -0.39 is 11.9 Å². The summed E-state index contributed by atoms with van der Waals surface area (Å²) in [6, 6.07) is 9.23. The monoisotopic (exact) mass is 325 g/mol. The molecule has 1 aromatic heterocycles. The molecule has 6 nitrogen and oxygen atoms in total. The summed E-state index contributed by atoms with van der Waals surface area (Å²) >= 11 is 0. The molecule has 3 rings (SSSR count). The molecule has 2 unspecified atom stereocenters. The minimum Gasteiger partial charge on any atom is -0.481 e. The Kier molecular flexibility index (Phi) is 4.29. The number of carboxylic acids is 1. The minimum atomic E-state index is -0.856. The van der Waals surface area contributed by atoms with Crippen LogP contribution < -0.4 is 0 Å². The van der Waals surface area contributed by atoms with Crippen molar-refractivity contribution in [3.05, 3.63) is 47.8 Å². The van der Waals surface area contributed by atoms with Gasteiger partial charge in [-0.1, -0.05) is 30.3 Å². The quantitative estimate of drug-likeness (QED) is 0.937. The van der Waals surface area contributed by atoms with Crippen molar-refractivity contribution in [2.45, 2.75) is 26.3 Å². The standard InChI is InChI=1S/C18H19N3O3/c1-11-15(10-19-16(20-11)13-6-4-3-5-7-13)17(22)21-9-8-14(12(21)2)18(23)24/h3-7,10,12,14H,8-9H2,1-2H3,(H,23,24). The topological polar surface area (TPSA) is 83.4 Å². The van der Waals surface area contributed by atoms with Crippen molar-refractivity contribution in [3.63, 3.8) is 0 Å². The molecule has 1 amide bonds. The van der Waals surface area contributed by atoms with E-state index in [0.29, 0.717) is 30.0 Å². The number of aromatic nitrogens is 2. The first-order chi connectivity index (χ1) is 11.5. The zero-order chi connectivity index (χ0) is 17.3. The van der Waals surface area contributed by atoms with Gasteiger partial charge in [0.2, 0.25) is 0 Å². The highest BCUT2D eigenvalue weighted by atomic mass is 16.4. The van der Waals surface area contributed by atoms with Crippen molar-refractivity contribution in [1.29, 1.82) is 0 Å². The number of amides is 1. The summed E-state index contributed by atoms with van der Waals surface area (Å²) in [6.07, 6.45) is 2.01. The summed E-state index contributed by atoms with van der Waals surface area (Å²) in [5.74, 6) is -1.00. The predicted octanol–water partition coefficient (Wildman–Crippen LogP) is 2.39. The lowest BCUT2D eigenvalue weighted by Crippen LogP contribution is -2.38. The van der Waals surface area contributed by atoms with Crippen molar-refractivity contribution >= 4 is 11.9 Å². The summed E-state index contributed by atoms with van der Waals surface area (Å²) in [6.45, 7) is 3.99. The Balaban J connectivity index is 1.85. The molecule has 2 heterocycles. The highest BCUT2D eigenvalue weighted by molar-refractivity contribution is 5.96. The molecule has 1 aliphatic heterocycles. The largest absolute Gasteiger partial charge is 0.481 e. The number of benzene rings is 1. The van der Waals surface area contributed by atoms with Gasteiger partial charge in [-0.2, -0.15) is 0 Å². The van der Waals surface area contributed by atoms with Crippen molar-refractivity contribution in [1.82, 2.24) is 14.9 Å². The van der Waals surface area contributed by atoms with E-state index in [1.165, 1.54) is 6.20 Å². The normalized spacial score (nSPS) is 20.2. The van der Waals surface area contributed by atoms with Crippen LogP contribution in [0.4, 0.5) is 0 Å². The second-order valence-corrected chi connectivity index (χ2v) is 6.03. The van der Waals surface area contributed by atoms with Gasteiger partial charge in [0.05, 0.1) is 17.2 Å². The Labute approximate surface area is 140 Å². The van der Waals surface area contributed by atoms with Crippen LogP contribution in [0.25, 0.3) is 11.4 Å². The molecule has 0 bridgehead atoms. The molecule has 2 aromatic rings. The fourth-order valence-corrected chi connectivity index (χ4v) is 3.11. The van der Waals surface area contributed by atoms with Crippen molar-refractivity contribution < 1.29 is 14.7 Å². The third-order valence-electron chi connectivity index (χ3n) is 4.57. The van der Waals surface area contributed by atoms with Crippen LogP contribution in [-0.2, 0) is 4.79 Å². The molecule has 24 heavy (non-hydrogen) atoms. The number of hydrogen-bond acceptors (Lipinski definition) is 4. The number of carbonyl (C=O) groups is 2. The van der Waals surface area contributed by atoms with Crippen LogP contribution in [0, 0.1) is 12.8 Å². The van der Waals surface area contributed by atoms with Crippen LogP contribution >= 0.6 is 0 Å². The molecule has 2 atom stereocenters. The van der Waals surface area contributed by atoms with E-state index in [0.717, 1.165) is 5.56 Å². The lowest BCUT2D eigenvalue weighted by molar-refractivity contribution is -0.142. The molecule has 124 valence electrons. The summed E-state index contributed by atoms with van der Waals surface area (Å²) in [5, 5.41) is 9.21. The van der Waals surface area contributed by atoms with Gasteiger partial charge in [0, 0.05) is 24.3 Å². The average Bonchev–Trinajstić information content (AvgIpc) is 2.97. The Hall–Kier alpha value is -2.76. The van der Waals surface area contributed by atoms with E-state index in [1.54, 1.807) is 18.7 Å². The van der Waals surface area contributed by atoms with Crippen LogP contribution in [-0.4, -0.2) is 44.4 Å². The molecular formula is C18H19N3O3. The third kappa shape index (κ3) is 2.87. The molecule has 0 aliphatic carbocycles. The maximum absolute atomic E-state index is 12.7. The lowest BCUT2D eigenvalue weighted by Gasteiger charge is -2.23. The van der Waals surface area contributed by atoms with Gasteiger partial charge in [-0.05, 0) is 20.3 Å². The fraction of sp³-hybridized carbons (Fsp3) is 0.333. The summed E-state index contributed by atoms with van der Waals surface area (Å²) < 4.78 is 0. The Morgan fingerprint density at radius 2 is 1.96 bits per heavy atom. The zero-order valence-corrected chi connectivity index (χ0v) is 13.6. The van der Waals surface area contributed by atoms with Gasteiger partial charge in [0.1, 0.15) is 0 Å². The van der Waals surface area contributed by atoms with E-state index in [1.807, 2.05) is 30.3 Å².